The number of hydrazone groups is 1. The van der Waals surface area contributed by atoms with Gasteiger partial charge in [0.25, 0.3) is 0 Å². The number of nitrogens with one attached hydrogen (secondary N) is 1. The van der Waals surface area contributed by atoms with Crippen molar-refractivity contribution in [1.29, 1.82) is 0 Å². The van der Waals surface area contributed by atoms with Gasteiger partial charge in [-0.25, -0.2) is 0 Å². The van der Waals surface area contributed by atoms with Gasteiger partial charge in [0.2, 0.25) is 0 Å². The molecule has 0 heterocycles. The molecule has 134 valence electrons. The summed E-state index contributed by atoms with van der Waals surface area (Å²) in [6, 6.07) is 25.2. The van der Waals surface area contributed by atoms with Crippen LogP contribution in [0.4, 0.5) is 5.69 Å². The fourth-order valence-corrected chi connectivity index (χ4v) is 3.64. The van der Waals surface area contributed by atoms with Crippen molar-refractivity contribution in [2.75, 3.05) is 5.43 Å². The van der Waals surface area contributed by atoms with Crippen LogP contribution >= 0.6 is 0 Å². The van der Waals surface area contributed by atoms with Gasteiger partial charge in [0, 0.05) is 12.3 Å². The van der Waals surface area contributed by atoms with E-state index in [9.17, 15) is 0 Å². The number of benzene rings is 3. The van der Waals surface area contributed by atoms with Gasteiger partial charge in [-0.05, 0) is 42.3 Å². The Bertz CT molecular complexity index is 1040. The van der Waals surface area contributed by atoms with Crippen LogP contribution in [0.15, 0.2) is 101 Å². The van der Waals surface area contributed by atoms with Gasteiger partial charge in [0.1, 0.15) is 0 Å². The summed E-state index contributed by atoms with van der Waals surface area (Å²) in [7, 11) is 0. The summed E-state index contributed by atoms with van der Waals surface area (Å²) < 4.78 is 0. The first-order valence-corrected chi connectivity index (χ1v) is 9.42. The third kappa shape index (κ3) is 4.01. The smallest absolute Gasteiger partial charge is 0.0688 e. The summed E-state index contributed by atoms with van der Waals surface area (Å²) in [5, 5.41) is 7.26. The summed E-state index contributed by atoms with van der Waals surface area (Å²) in [6.07, 6.45) is 5.50. The van der Waals surface area contributed by atoms with E-state index in [4.69, 9.17) is 5.10 Å². The van der Waals surface area contributed by atoms with E-state index in [1.54, 1.807) is 0 Å². The molecule has 2 nitrogen and oxygen atoms in total. The maximum Gasteiger partial charge on any atom is 0.0688 e. The highest BCUT2D eigenvalue weighted by Crippen LogP contribution is 2.28. The van der Waals surface area contributed by atoms with Crippen molar-refractivity contribution in [3.63, 3.8) is 0 Å². The first kappa shape index (κ1) is 17.3. The summed E-state index contributed by atoms with van der Waals surface area (Å²) in [5.74, 6) is 0.419. The predicted molar refractivity (Wildman–Crippen MR) is 116 cm³/mol. The predicted octanol–water partition coefficient (Wildman–Crippen LogP) is 6.57. The quantitative estimate of drug-likeness (QED) is 0.407. The number of nitrogens with zero attached hydrogens (tertiary/aromatic N) is 1. The van der Waals surface area contributed by atoms with Crippen LogP contribution in [0.2, 0.25) is 0 Å². The summed E-state index contributed by atoms with van der Waals surface area (Å²) in [5.41, 5.74) is 9.27. The molecule has 0 radical (unpaired) electrons. The van der Waals surface area contributed by atoms with Gasteiger partial charge in [-0.2, -0.15) is 5.10 Å². The second-order valence-electron chi connectivity index (χ2n) is 7.21. The molecule has 0 aromatic heterocycles. The van der Waals surface area contributed by atoms with E-state index in [-0.39, 0.29) is 0 Å². The van der Waals surface area contributed by atoms with Crippen LogP contribution in [0.5, 0.6) is 0 Å². The Morgan fingerprint density at radius 1 is 0.889 bits per heavy atom. The summed E-state index contributed by atoms with van der Waals surface area (Å²) in [4.78, 5) is 0. The maximum atomic E-state index is 4.80. The average molecular weight is 352 g/mol. The zero-order chi connectivity index (χ0) is 18.6. The van der Waals surface area contributed by atoms with Crippen molar-refractivity contribution in [3.8, 4) is 0 Å². The molecule has 1 atom stereocenters. The Kier molecular flexibility index (Phi) is 4.88. The Morgan fingerprint density at radius 2 is 1.63 bits per heavy atom. The second kappa shape index (κ2) is 7.63. The number of allylic oxidation sites excluding steroid dienone is 4. The van der Waals surface area contributed by atoms with Crippen LogP contribution in [-0.4, -0.2) is 5.71 Å². The molecule has 4 rings (SSSR count). The molecular weight excluding hydrogens is 328 g/mol. The lowest BCUT2D eigenvalue weighted by atomic mass is 9.94. The van der Waals surface area contributed by atoms with E-state index in [1.807, 2.05) is 6.07 Å². The van der Waals surface area contributed by atoms with E-state index in [0.29, 0.717) is 5.92 Å². The molecule has 0 aliphatic heterocycles. The van der Waals surface area contributed by atoms with Crippen LogP contribution in [0.1, 0.15) is 25.8 Å². The van der Waals surface area contributed by atoms with Crippen LogP contribution in [-0.2, 0) is 0 Å². The minimum absolute atomic E-state index is 0.419. The fraction of sp³-hybridized carbons (Fsp3) is 0.160. The van der Waals surface area contributed by atoms with E-state index in [1.165, 1.54) is 21.9 Å². The van der Waals surface area contributed by atoms with Crippen molar-refractivity contribution in [2.45, 2.75) is 20.3 Å². The molecule has 0 saturated heterocycles. The lowest BCUT2D eigenvalue weighted by Crippen LogP contribution is -2.10. The Labute approximate surface area is 160 Å². The van der Waals surface area contributed by atoms with E-state index < -0.39 is 0 Å². The number of rotatable bonds is 5. The SMILES string of the molecule is CC1=CC(CC(=NNc2ccc3ccccc3c2)c2ccccc2)C(C)=C1. The first-order valence-electron chi connectivity index (χ1n) is 9.42. The van der Waals surface area contributed by atoms with Crippen LogP contribution in [0.25, 0.3) is 10.8 Å². The van der Waals surface area contributed by atoms with Crippen molar-refractivity contribution in [1.82, 2.24) is 0 Å². The Morgan fingerprint density at radius 3 is 2.37 bits per heavy atom. The molecule has 1 aliphatic rings. The lowest BCUT2D eigenvalue weighted by molar-refractivity contribution is 0.812. The minimum Gasteiger partial charge on any atom is -0.278 e. The average Bonchev–Trinajstić information content (AvgIpc) is 3.02. The highest BCUT2D eigenvalue weighted by Gasteiger charge is 2.17. The lowest BCUT2D eigenvalue weighted by Gasteiger charge is -2.14. The van der Waals surface area contributed by atoms with E-state index in [2.05, 4.69) is 98.2 Å². The number of hydrogen-bond donors (Lipinski definition) is 1. The molecule has 0 spiro atoms. The third-order valence-corrected chi connectivity index (χ3v) is 5.09. The first-order chi connectivity index (χ1) is 13.2. The van der Waals surface area contributed by atoms with Crippen LogP contribution in [0, 0.1) is 5.92 Å². The molecule has 0 bridgehead atoms. The zero-order valence-corrected chi connectivity index (χ0v) is 15.8. The van der Waals surface area contributed by atoms with Crippen molar-refractivity contribution >= 4 is 22.2 Å². The molecule has 1 unspecified atom stereocenters. The van der Waals surface area contributed by atoms with E-state index >= 15 is 0 Å². The van der Waals surface area contributed by atoms with E-state index in [0.717, 1.165) is 23.4 Å². The molecule has 0 fully saturated rings. The molecule has 3 aromatic rings. The van der Waals surface area contributed by atoms with Gasteiger partial charge in [0.05, 0.1) is 11.4 Å². The highest BCUT2D eigenvalue weighted by molar-refractivity contribution is 6.01. The maximum absolute atomic E-state index is 4.80. The van der Waals surface area contributed by atoms with Crippen LogP contribution < -0.4 is 5.43 Å². The molecule has 0 saturated carbocycles. The topological polar surface area (TPSA) is 24.4 Å². The molecular formula is C25H24N2. The van der Waals surface area contributed by atoms with Crippen molar-refractivity contribution in [3.05, 3.63) is 102 Å². The number of anilines is 1. The zero-order valence-electron chi connectivity index (χ0n) is 15.8. The third-order valence-electron chi connectivity index (χ3n) is 5.09. The fourth-order valence-electron chi connectivity index (χ4n) is 3.64. The van der Waals surface area contributed by atoms with Crippen molar-refractivity contribution < 1.29 is 0 Å². The monoisotopic (exact) mass is 352 g/mol. The Balaban J connectivity index is 1.62. The minimum atomic E-state index is 0.419. The Hall–Kier alpha value is -3.13. The highest BCUT2D eigenvalue weighted by atomic mass is 15.3. The number of hydrogen-bond acceptors (Lipinski definition) is 2. The summed E-state index contributed by atoms with van der Waals surface area (Å²) >= 11 is 0. The molecule has 3 aromatic carbocycles. The molecule has 1 aliphatic carbocycles. The molecule has 0 amide bonds. The largest absolute Gasteiger partial charge is 0.278 e. The summed E-state index contributed by atoms with van der Waals surface area (Å²) in [6.45, 7) is 4.37. The van der Waals surface area contributed by atoms with Gasteiger partial charge < -0.3 is 0 Å². The molecule has 2 heteroatoms. The van der Waals surface area contributed by atoms with Gasteiger partial charge in [-0.15, -0.1) is 0 Å². The molecule has 27 heavy (non-hydrogen) atoms. The van der Waals surface area contributed by atoms with Gasteiger partial charge in [-0.1, -0.05) is 84.0 Å². The van der Waals surface area contributed by atoms with Crippen LogP contribution in [0.3, 0.4) is 0 Å². The molecule has 1 N–H and O–H groups in total. The van der Waals surface area contributed by atoms with Crippen molar-refractivity contribution in [2.24, 2.45) is 11.0 Å². The van der Waals surface area contributed by atoms with Gasteiger partial charge in [0.15, 0.2) is 0 Å². The van der Waals surface area contributed by atoms with Gasteiger partial charge >= 0.3 is 0 Å². The normalized spacial score (nSPS) is 17.0. The van der Waals surface area contributed by atoms with Gasteiger partial charge in [-0.3, -0.25) is 5.43 Å². The number of fused-ring (bicyclic) bond motifs is 1. The standard InChI is InChI=1S/C25H24N2/c1-18-14-19(2)23(15-18)17-25(21-9-4-3-5-10-21)27-26-24-13-12-20-8-6-7-11-22(20)16-24/h3-16,23,26H,17H2,1-2H3. The second-order valence-corrected chi connectivity index (χ2v) is 7.21.